The number of aryl methyl sites for hydroxylation is 2. The number of pyridine rings is 2. The summed E-state index contributed by atoms with van der Waals surface area (Å²) in [6.45, 7) is 5.10. The number of rotatable bonds is 12. The van der Waals surface area contributed by atoms with Crippen molar-refractivity contribution in [2.45, 2.75) is 39.9 Å². The Bertz CT molecular complexity index is 1760. The number of hydrogen-bond donors (Lipinski definition) is 0. The van der Waals surface area contributed by atoms with Crippen LogP contribution < -0.4 is 9.47 Å². The van der Waals surface area contributed by atoms with Gasteiger partial charge in [0.1, 0.15) is 13.2 Å². The molecule has 0 aliphatic rings. The fourth-order valence-electron chi connectivity index (χ4n) is 5.35. The van der Waals surface area contributed by atoms with Gasteiger partial charge in [-0.1, -0.05) is 111 Å². The third kappa shape index (κ3) is 7.22. The topological polar surface area (TPSA) is 61.3 Å². The van der Waals surface area contributed by atoms with Crippen LogP contribution in [0.1, 0.15) is 52.0 Å². The van der Waals surface area contributed by atoms with Gasteiger partial charge in [0, 0.05) is 46.8 Å². The second kappa shape index (κ2) is 14.5. The van der Waals surface area contributed by atoms with Crippen LogP contribution in [0, 0.1) is 0 Å². The lowest BCUT2D eigenvalue weighted by atomic mass is 9.88. The standard InChI is InChI=1S/C41H36N2O3/c1-3-29-15-19-35(37(23-29)33-17-21-39(42-25-33)45-27-31-11-7-5-8-12-31)41(44)36-20-16-30(4-2)24-38(36)34-18-22-40(43-26-34)46-28-32-13-9-6-10-14-32/h5-26H,3-4,27-28H2,1-2H3. The molecular weight excluding hydrogens is 568 g/mol. The summed E-state index contributed by atoms with van der Waals surface area (Å²) in [5.41, 5.74) is 9.10. The van der Waals surface area contributed by atoms with Gasteiger partial charge in [-0.3, -0.25) is 4.79 Å². The highest BCUT2D eigenvalue weighted by Crippen LogP contribution is 2.33. The molecule has 0 unspecified atom stereocenters. The van der Waals surface area contributed by atoms with Crippen molar-refractivity contribution >= 4 is 5.78 Å². The summed E-state index contributed by atoms with van der Waals surface area (Å²) >= 11 is 0. The first kappa shape index (κ1) is 30.5. The molecule has 0 atom stereocenters. The van der Waals surface area contributed by atoms with Gasteiger partial charge in [0.15, 0.2) is 5.78 Å². The first-order chi connectivity index (χ1) is 22.6. The smallest absolute Gasteiger partial charge is 0.213 e. The molecule has 46 heavy (non-hydrogen) atoms. The quantitative estimate of drug-likeness (QED) is 0.130. The Labute approximate surface area is 270 Å². The molecule has 4 aromatic carbocycles. The molecule has 5 heteroatoms. The van der Waals surface area contributed by atoms with Crippen molar-refractivity contribution in [2.24, 2.45) is 0 Å². The van der Waals surface area contributed by atoms with Crippen molar-refractivity contribution in [3.63, 3.8) is 0 Å². The van der Waals surface area contributed by atoms with Gasteiger partial charge in [-0.25, -0.2) is 9.97 Å². The van der Waals surface area contributed by atoms with Gasteiger partial charge in [-0.2, -0.15) is 0 Å². The van der Waals surface area contributed by atoms with Gasteiger partial charge in [-0.15, -0.1) is 0 Å². The van der Waals surface area contributed by atoms with E-state index in [9.17, 15) is 4.79 Å². The molecule has 0 saturated carbocycles. The number of benzene rings is 4. The normalized spacial score (nSPS) is 10.8. The van der Waals surface area contributed by atoms with Crippen LogP contribution in [-0.4, -0.2) is 15.8 Å². The Morgan fingerprint density at radius 2 is 0.957 bits per heavy atom. The number of hydrogen-bond acceptors (Lipinski definition) is 5. The van der Waals surface area contributed by atoms with Gasteiger partial charge in [0.05, 0.1) is 0 Å². The Kier molecular flexibility index (Phi) is 9.60. The second-order valence-corrected chi connectivity index (χ2v) is 11.1. The summed E-state index contributed by atoms with van der Waals surface area (Å²) in [6.07, 6.45) is 5.28. The Hall–Kier alpha value is -5.55. The van der Waals surface area contributed by atoms with Gasteiger partial charge in [0.2, 0.25) is 11.8 Å². The van der Waals surface area contributed by atoms with E-state index >= 15 is 0 Å². The molecule has 0 amide bonds. The van der Waals surface area contributed by atoms with Gasteiger partial charge < -0.3 is 9.47 Å². The SMILES string of the molecule is CCc1ccc(C(=O)c2ccc(CC)cc2-c2ccc(OCc3ccccc3)nc2)c(-c2ccc(OCc3ccccc3)nc2)c1. The van der Waals surface area contributed by atoms with Gasteiger partial charge >= 0.3 is 0 Å². The largest absolute Gasteiger partial charge is 0.473 e. The number of carbonyl (C=O) groups excluding carboxylic acids is 1. The van der Waals surface area contributed by atoms with E-state index in [4.69, 9.17) is 9.47 Å². The lowest BCUT2D eigenvalue weighted by Crippen LogP contribution is -2.07. The van der Waals surface area contributed by atoms with Crippen molar-refractivity contribution in [2.75, 3.05) is 0 Å². The number of nitrogens with zero attached hydrogens (tertiary/aromatic N) is 2. The average Bonchev–Trinajstić information content (AvgIpc) is 3.13. The van der Waals surface area contributed by atoms with E-state index in [1.54, 1.807) is 12.4 Å². The van der Waals surface area contributed by atoms with Crippen LogP contribution in [-0.2, 0) is 26.1 Å². The number of aromatic nitrogens is 2. The molecule has 0 N–H and O–H groups in total. The van der Waals surface area contributed by atoms with E-state index < -0.39 is 0 Å². The van der Waals surface area contributed by atoms with Crippen LogP contribution in [0.4, 0.5) is 0 Å². The first-order valence-electron chi connectivity index (χ1n) is 15.7. The fourth-order valence-corrected chi connectivity index (χ4v) is 5.35. The number of ketones is 1. The predicted molar refractivity (Wildman–Crippen MR) is 183 cm³/mol. The number of carbonyl (C=O) groups is 1. The maximum atomic E-state index is 14.4. The Morgan fingerprint density at radius 1 is 0.522 bits per heavy atom. The summed E-state index contributed by atoms with van der Waals surface area (Å²) < 4.78 is 11.8. The number of ether oxygens (including phenoxy) is 2. The minimum atomic E-state index is -0.0517. The maximum absolute atomic E-state index is 14.4. The molecule has 0 spiro atoms. The molecule has 0 aliphatic carbocycles. The van der Waals surface area contributed by atoms with Crippen LogP contribution in [0.15, 0.2) is 134 Å². The molecule has 5 nitrogen and oxygen atoms in total. The van der Waals surface area contributed by atoms with E-state index in [-0.39, 0.29) is 5.78 Å². The zero-order valence-corrected chi connectivity index (χ0v) is 26.1. The van der Waals surface area contributed by atoms with E-state index in [1.807, 2.05) is 109 Å². The van der Waals surface area contributed by atoms with E-state index in [0.717, 1.165) is 57.3 Å². The highest BCUT2D eigenvalue weighted by atomic mass is 16.5. The third-order valence-corrected chi connectivity index (χ3v) is 8.03. The molecule has 0 fully saturated rings. The summed E-state index contributed by atoms with van der Waals surface area (Å²) in [4.78, 5) is 23.5. The Morgan fingerprint density at radius 3 is 1.33 bits per heavy atom. The lowest BCUT2D eigenvalue weighted by molar-refractivity contribution is 0.104. The molecule has 2 aromatic heterocycles. The van der Waals surface area contributed by atoms with Crippen LogP contribution in [0.3, 0.4) is 0 Å². The molecule has 0 saturated heterocycles. The monoisotopic (exact) mass is 604 g/mol. The van der Waals surface area contributed by atoms with Crippen molar-refractivity contribution in [3.8, 4) is 34.0 Å². The summed E-state index contributed by atoms with van der Waals surface area (Å²) in [5.74, 6) is 1.02. The van der Waals surface area contributed by atoms with Gasteiger partial charge in [0.25, 0.3) is 0 Å². The zero-order chi connectivity index (χ0) is 31.7. The summed E-state index contributed by atoms with van der Waals surface area (Å²) in [5, 5.41) is 0. The Balaban J connectivity index is 1.29. The average molecular weight is 605 g/mol. The van der Waals surface area contributed by atoms with Crippen LogP contribution in [0.2, 0.25) is 0 Å². The summed E-state index contributed by atoms with van der Waals surface area (Å²) in [7, 11) is 0. The molecule has 6 aromatic rings. The van der Waals surface area contributed by atoms with Crippen LogP contribution in [0.5, 0.6) is 11.8 Å². The molecular formula is C41H36N2O3. The van der Waals surface area contributed by atoms with Crippen LogP contribution in [0.25, 0.3) is 22.3 Å². The van der Waals surface area contributed by atoms with Crippen molar-refractivity contribution < 1.29 is 14.3 Å². The van der Waals surface area contributed by atoms with Gasteiger partial charge in [-0.05, 0) is 58.4 Å². The molecule has 0 bridgehead atoms. The van der Waals surface area contributed by atoms with Crippen molar-refractivity contribution in [1.82, 2.24) is 9.97 Å². The minimum Gasteiger partial charge on any atom is -0.473 e. The maximum Gasteiger partial charge on any atom is 0.213 e. The van der Waals surface area contributed by atoms with Crippen molar-refractivity contribution in [3.05, 3.63) is 167 Å². The minimum absolute atomic E-state index is 0.0517. The van der Waals surface area contributed by atoms with Crippen molar-refractivity contribution in [1.29, 1.82) is 0 Å². The molecule has 2 heterocycles. The highest BCUT2D eigenvalue weighted by molar-refractivity contribution is 6.16. The molecule has 6 rings (SSSR count). The molecule has 0 aliphatic heterocycles. The first-order valence-corrected chi connectivity index (χ1v) is 15.7. The highest BCUT2D eigenvalue weighted by Gasteiger charge is 2.20. The third-order valence-electron chi connectivity index (χ3n) is 8.03. The molecule has 0 radical (unpaired) electrons. The lowest BCUT2D eigenvalue weighted by Gasteiger charge is -2.15. The predicted octanol–water partition coefficient (Wildman–Crippen LogP) is 9.32. The van der Waals surface area contributed by atoms with E-state index in [1.165, 1.54) is 0 Å². The van der Waals surface area contributed by atoms with E-state index in [2.05, 4.69) is 35.9 Å². The second-order valence-electron chi connectivity index (χ2n) is 11.1. The summed E-state index contributed by atoms with van der Waals surface area (Å²) in [6, 6.07) is 39.8. The molecule has 228 valence electrons. The van der Waals surface area contributed by atoms with Crippen LogP contribution >= 0.6 is 0 Å². The van der Waals surface area contributed by atoms with E-state index in [0.29, 0.717) is 36.1 Å². The zero-order valence-electron chi connectivity index (χ0n) is 26.1. The fraction of sp³-hybridized carbons (Fsp3) is 0.146.